The fourth-order valence-corrected chi connectivity index (χ4v) is 2.42. The molecule has 0 saturated heterocycles. The number of rotatable bonds is 2. The third-order valence-electron chi connectivity index (χ3n) is 3.29. The van der Waals surface area contributed by atoms with Crippen LogP contribution in [-0.2, 0) is 13.5 Å². The van der Waals surface area contributed by atoms with Crippen LogP contribution in [0.3, 0.4) is 0 Å². The highest BCUT2D eigenvalue weighted by molar-refractivity contribution is 5.81. The van der Waals surface area contributed by atoms with Crippen LogP contribution < -0.4 is 5.73 Å². The Hall–Kier alpha value is -2.30. The van der Waals surface area contributed by atoms with Crippen molar-refractivity contribution >= 4 is 17.0 Å². The summed E-state index contributed by atoms with van der Waals surface area (Å²) in [7, 11) is 1.92. The summed E-state index contributed by atoms with van der Waals surface area (Å²) in [5, 5.41) is 4.47. The van der Waals surface area contributed by atoms with Crippen molar-refractivity contribution in [3.63, 3.8) is 0 Å². The van der Waals surface area contributed by atoms with Crippen LogP contribution in [0.2, 0.25) is 0 Å². The molecular formula is C14H17N5. The fourth-order valence-electron chi connectivity index (χ4n) is 2.42. The molecular weight excluding hydrogens is 238 g/mol. The lowest BCUT2D eigenvalue weighted by molar-refractivity contribution is 0.746. The summed E-state index contributed by atoms with van der Waals surface area (Å²) < 4.78 is 3.80. The van der Waals surface area contributed by atoms with Gasteiger partial charge in [0.2, 0.25) is 5.95 Å². The van der Waals surface area contributed by atoms with Gasteiger partial charge in [-0.1, -0.05) is 13.0 Å². The number of hydrogen-bond acceptors (Lipinski definition) is 3. The topological polar surface area (TPSA) is 61.7 Å². The molecule has 0 aliphatic carbocycles. The van der Waals surface area contributed by atoms with Crippen molar-refractivity contribution < 1.29 is 0 Å². The van der Waals surface area contributed by atoms with Crippen molar-refractivity contribution in [2.24, 2.45) is 7.05 Å². The van der Waals surface area contributed by atoms with E-state index in [2.05, 4.69) is 30.0 Å². The van der Waals surface area contributed by atoms with Crippen LogP contribution in [0.15, 0.2) is 24.4 Å². The van der Waals surface area contributed by atoms with E-state index in [-0.39, 0.29) is 0 Å². The average Bonchev–Trinajstić information content (AvgIpc) is 2.88. The fraction of sp³-hybridized carbons (Fsp3) is 0.286. The number of aryl methyl sites for hydroxylation is 3. The minimum Gasteiger partial charge on any atom is -0.369 e. The zero-order valence-electron chi connectivity index (χ0n) is 11.4. The first kappa shape index (κ1) is 11.8. The van der Waals surface area contributed by atoms with E-state index in [1.54, 1.807) is 0 Å². The van der Waals surface area contributed by atoms with E-state index in [1.165, 1.54) is 5.56 Å². The van der Waals surface area contributed by atoms with E-state index < -0.39 is 0 Å². The molecule has 19 heavy (non-hydrogen) atoms. The molecule has 3 aromatic rings. The van der Waals surface area contributed by atoms with Gasteiger partial charge in [-0.25, -0.2) is 4.98 Å². The first-order valence-corrected chi connectivity index (χ1v) is 6.37. The van der Waals surface area contributed by atoms with Crippen LogP contribution in [-0.4, -0.2) is 19.3 Å². The first-order chi connectivity index (χ1) is 9.10. The van der Waals surface area contributed by atoms with Gasteiger partial charge < -0.3 is 5.73 Å². The molecule has 0 unspecified atom stereocenters. The highest BCUT2D eigenvalue weighted by Crippen LogP contribution is 2.25. The van der Waals surface area contributed by atoms with Crippen LogP contribution in [0.4, 0.5) is 5.95 Å². The molecule has 98 valence electrons. The molecule has 0 saturated carbocycles. The van der Waals surface area contributed by atoms with Gasteiger partial charge in [-0.2, -0.15) is 5.10 Å². The third kappa shape index (κ3) is 1.78. The molecule has 3 rings (SSSR count). The maximum atomic E-state index is 6.08. The molecule has 0 spiro atoms. The standard InChI is InChI=1S/C14H17N5/c1-4-10-13(8-18(3)17-10)19-12-7-9(2)5-6-11(12)16-14(19)15/h5-8H,4H2,1-3H3,(H2,15,16). The number of benzene rings is 1. The Balaban J connectivity index is 2.34. The molecule has 2 heterocycles. The second-order valence-electron chi connectivity index (χ2n) is 4.79. The smallest absolute Gasteiger partial charge is 0.206 e. The van der Waals surface area contributed by atoms with Gasteiger partial charge in [0.15, 0.2) is 0 Å². The second-order valence-corrected chi connectivity index (χ2v) is 4.79. The van der Waals surface area contributed by atoms with Gasteiger partial charge in [0.05, 0.1) is 22.4 Å². The van der Waals surface area contributed by atoms with E-state index >= 15 is 0 Å². The van der Waals surface area contributed by atoms with Gasteiger partial charge in [-0.3, -0.25) is 9.25 Å². The molecule has 0 aliphatic rings. The number of aromatic nitrogens is 4. The van der Waals surface area contributed by atoms with Crippen LogP contribution in [0.25, 0.3) is 16.7 Å². The molecule has 0 fully saturated rings. The van der Waals surface area contributed by atoms with Crippen LogP contribution in [0, 0.1) is 6.92 Å². The SMILES string of the molecule is CCc1nn(C)cc1-n1c(N)nc2ccc(C)cc21. The van der Waals surface area contributed by atoms with E-state index in [1.807, 2.05) is 34.6 Å². The number of hydrogen-bond donors (Lipinski definition) is 1. The Morgan fingerprint density at radius 2 is 2.11 bits per heavy atom. The van der Waals surface area contributed by atoms with E-state index in [9.17, 15) is 0 Å². The van der Waals surface area contributed by atoms with Crippen molar-refractivity contribution in [1.29, 1.82) is 0 Å². The Bertz CT molecular complexity index is 751. The predicted molar refractivity (Wildman–Crippen MR) is 76.4 cm³/mol. The highest BCUT2D eigenvalue weighted by Gasteiger charge is 2.15. The molecule has 0 aliphatic heterocycles. The molecule has 0 atom stereocenters. The normalized spacial score (nSPS) is 11.3. The summed E-state index contributed by atoms with van der Waals surface area (Å²) in [4.78, 5) is 4.42. The maximum absolute atomic E-state index is 6.08. The molecule has 0 amide bonds. The van der Waals surface area contributed by atoms with E-state index in [0.717, 1.165) is 28.8 Å². The van der Waals surface area contributed by atoms with Crippen LogP contribution in [0.5, 0.6) is 0 Å². The summed E-state index contributed by atoms with van der Waals surface area (Å²) in [5.41, 5.74) is 11.2. The predicted octanol–water partition coefficient (Wildman–Crippen LogP) is 2.21. The minimum absolute atomic E-state index is 0.503. The van der Waals surface area contributed by atoms with Crippen molar-refractivity contribution in [3.8, 4) is 5.69 Å². The van der Waals surface area contributed by atoms with Crippen molar-refractivity contribution in [3.05, 3.63) is 35.7 Å². The largest absolute Gasteiger partial charge is 0.369 e. The highest BCUT2D eigenvalue weighted by atomic mass is 15.3. The maximum Gasteiger partial charge on any atom is 0.206 e. The van der Waals surface area contributed by atoms with Crippen LogP contribution in [0.1, 0.15) is 18.2 Å². The lowest BCUT2D eigenvalue weighted by Gasteiger charge is -2.05. The number of fused-ring (bicyclic) bond motifs is 1. The number of nitrogens with zero attached hydrogens (tertiary/aromatic N) is 4. The van der Waals surface area contributed by atoms with Crippen LogP contribution >= 0.6 is 0 Å². The number of imidazole rings is 1. The van der Waals surface area contributed by atoms with Crippen molar-refractivity contribution in [1.82, 2.24) is 19.3 Å². The summed E-state index contributed by atoms with van der Waals surface area (Å²) in [6.07, 6.45) is 2.85. The lowest BCUT2D eigenvalue weighted by atomic mass is 10.2. The Labute approximate surface area is 111 Å². The zero-order chi connectivity index (χ0) is 13.6. The molecule has 1 aromatic carbocycles. The van der Waals surface area contributed by atoms with Gasteiger partial charge in [-0.15, -0.1) is 0 Å². The third-order valence-corrected chi connectivity index (χ3v) is 3.29. The van der Waals surface area contributed by atoms with Crippen molar-refractivity contribution in [2.45, 2.75) is 20.3 Å². The van der Waals surface area contributed by atoms with Crippen molar-refractivity contribution in [2.75, 3.05) is 5.73 Å². The zero-order valence-corrected chi connectivity index (χ0v) is 11.4. The molecule has 2 N–H and O–H groups in total. The summed E-state index contributed by atoms with van der Waals surface area (Å²) >= 11 is 0. The lowest BCUT2D eigenvalue weighted by Crippen LogP contribution is -2.02. The Morgan fingerprint density at radius 1 is 1.32 bits per heavy atom. The average molecular weight is 255 g/mol. The van der Waals surface area contributed by atoms with Gasteiger partial charge in [0.1, 0.15) is 0 Å². The van der Waals surface area contributed by atoms with Gasteiger partial charge >= 0.3 is 0 Å². The summed E-state index contributed by atoms with van der Waals surface area (Å²) in [6.45, 7) is 4.16. The van der Waals surface area contributed by atoms with Gasteiger partial charge in [-0.05, 0) is 31.0 Å². The Morgan fingerprint density at radius 3 is 2.84 bits per heavy atom. The Kier molecular flexibility index (Phi) is 2.55. The number of nitrogens with two attached hydrogens (primary N) is 1. The monoisotopic (exact) mass is 255 g/mol. The minimum atomic E-state index is 0.503. The summed E-state index contributed by atoms with van der Waals surface area (Å²) in [6, 6.07) is 6.15. The second kappa shape index (κ2) is 4.12. The van der Waals surface area contributed by atoms with E-state index in [4.69, 9.17) is 5.73 Å². The molecule has 2 aromatic heterocycles. The molecule has 5 nitrogen and oxygen atoms in total. The van der Waals surface area contributed by atoms with E-state index in [0.29, 0.717) is 5.95 Å². The summed E-state index contributed by atoms with van der Waals surface area (Å²) in [5.74, 6) is 0.503. The molecule has 5 heteroatoms. The molecule has 0 radical (unpaired) electrons. The van der Waals surface area contributed by atoms with Gasteiger partial charge in [0, 0.05) is 13.2 Å². The first-order valence-electron chi connectivity index (χ1n) is 6.37. The molecule has 0 bridgehead atoms. The van der Waals surface area contributed by atoms with Gasteiger partial charge in [0.25, 0.3) is 0 Å². The quantitative estimate of drug-likeness (QED) is 0.763. The number of nitrogen functional groups attached to an aromatic ring is 1. The number of anilines is 1.